The van der Waals surface area contributed by atoms with Crippen molar-refractivity contribution in [1.29, 1.82) is 0 Å². The molecule has 0 heterocycles. The van der Waals surface area contributed by atoms with Crippen LogP contribution in [0.5, 0.6) is 0 Å². The largest absolute Gasteiger partial charge is 0.310 e. The Kier molecular flexibility index (Phi) is 4.45. The molecular formula is C17H27N. The van der Waals surface area contributed by atoms with Crippen LogP contribution in [0.15, 0.2) is 18.2 Å². The zero-order valence-electron chi connectivity index (χ0n) is 12.3. The summed E-state index contributed by atoms with van der Waals surface area (Å²) in [5.74, 6) is 1.72. The molecule has 2 rings (SSSR count). The van der Waals surface area contributed by atoms with Crippen molar-refractivity contribution in [3.05, 3.63) is 34.9 Å². The minimum Gasteiger partial charge on any atom is -0.310 e. The summed E-state index contributed by atoms with van der Waals surface area (Å²) in [6.45, 7) is 10.1. The van der Waals surface area contributed by atoms with Crippen LogP contribution in [0, 0.1) is 25.7 Å². The molecule has 1 aliphatic rings. The molecule has 0 aromatic heterocycles. The SMILES string of the molecule is CCNC(c1cc(C)ccc1C)C1CCC(C)C1. The van der Waals surface area contributed by atoms with E-state index in [1.165, 1.54) is 36.0 Å². The highest BCUT2D eigenvalue weighted by atomic mass is 14.9. The quantitative estimate of drug-likeness (QED) is 0.829. The van der Waals surface area contributed by atoms with Crippen molar-refractivity contribution in [1.82, 2.24) is 5.32 Å². The lowest BCUT2D eigenvalue weighted by molar-refractivity contribution is 0.364. The van der Waals surface area contributed by atoms with E-state index < -0.39 is 0 Å². The molecule has 1 aromatic carbocycles. The first-order chi connectivity index (χ1) is 8.61. The van der Waals surface area contributed by atoms with Crippen molar-refractivity contribution in [3.63, 3.8) is 0 Å². The molecular weight excluding hydrogens is 218 g/mol. The predicted molar refractivity (Wildman–Crippen MR) is 78.8 cm³/mol. The van der Waals surface area contributed by atoms with Gasteiger partial charge in [-0.25, -0.2) is 0 Å². The van der Waals surface area contributed by atoms with Gasteiger partial charge in [-0.3, -0.25) is 0 Å². The fraction of sp³-hybridized carbons (Fsp3) is 0.647. The molecule has 1 fully saturated rings. The van der Waals surface area contributed by atoms with Gasteiger partial charge in [0, 0.05) is 6.04 Å². The Bertz CT molecular complexity index is 397. The number of aryl methyl sites for hydroxylation is 2. The van der Waals surface area contributed by atoms with Crippen molar-refractivity contribution >= 4 is 0 Å². The first kappa shape index (κ1) is 13.6. The van der Waals surface area contributed by atoms with E-state index in [1.54, 1.807) is 0 Å². The van der Waals surface area contributed by atoms with Gasteiger partial charge >= 0.3 is 0 Å². The molecule has 0 aliphatic heterocycles. The summed E-state index contributed by atoms with van der Waals surface area (Å²) in [6, 6.07) is 7.43. The van der Waals surface area contributed by atoms with Crippen LogP contribution in [0.1, 0.15) is 55.8 Å². The minimum atomic E-state index is 0.555. The summed E-state index contributed by atoms with van der Waals surface area (Å²) in [4.78, 5) is 0. The molecule has 0 bridgehead atoms. The van der Waals surface area contributed by atoms with Crippen LogP contribution in [0.2, 0.25) is 0 Å². The Hall–Kier alpha value is -0.820. The van der Waals surface area contributed by atoms with Gasteiger partial charge < -0.3 is 5.32 Å². The van der Waals surface area contributed by atoms with Crippen LogP contribution in [0.25, 0.3) is 0 Å². The van der Waals surface area contributed by atoms with Gasteiger partial charge in [0.05, 0.1) is 0 Å². The average Bonchev–Trinajstić information content (AvgIpc) is 2.76. The fourth-order valence-corrected chi connectivity index (χ4v) is 3.40. The van der Waals surface area contributed by atoms with E-state index in [-0.39, 0.29) is 0 Å². The minimum absolute atomic E-state index is 0.555. The molecule has 1 N–H and O–H groups in total. The van der Waals surface area contributed by atoms with E-state index in [9.17, 15) is 0 Å². The Morgan fingerprint density at radius 2 is 2.06 bits per heavy atom. The van der Waals surface area contributed by atoms with E-state index in [1.807, 2.05) is 0 Å². The van der Waals surface area contributed by atoms with Crippen LogP contribution in [-0.4, -0.2) is 6.54 Å². The zero-order chi connectivity index (χ0) is 13.1. The second-order valence-corrected chi connectivity index (χ2v) is 6.07. The zero-order valence-corrected chi connectivity index (χ0v) is 12.3. The van der Waals surface area contributed by atoms with Crippen molar-refractivity contribution in [2.24, 2.45) is 11.8 Å². The third-order valence-corrected chi connectivity index (χ3v) is 4.40. The molecule has 0 saturated heterocycles. The van der Waals surface area contributed by atoms with Crippen molar-refractivity contribution in [2.75, 3.05) is 6.54 Å². The second-order valence-electron chi connectivity index (χ2n) is 6.07. The third-order valence-electron chi connectivity index (χ3n) is 4.40. The van der Waals surface area contributed by atoms with Crippen LogP contribution >= 0.6 is 0 Å². The van der Waals surface area contributed by atoms with E-state index in [0.717, 1.165) is 18.4 Å². The summed E-state index contributed by atoms with van der Waals surface area (Å²) in [7, 11) is 0. The van der Waals surface area contributed by atoms with Gasteiger partial charge in [0.15, 0.2) is 0 Å². The highest BCUT2D eigenvalue weighted by Crippen LogP contribution is 2.39. The molecule has 3 unspecified atom stereocenters. The number of hydrogen-bond acceptors (Lipinski definition) is 1. The topological polar surface area (TPSA) is 12.0 Å². The molecule has 3 atom stereocenters. The Morgan fingerprint density at radius 1 is 1.28 bits per heavy atom. The number of nitrogens with one attached hydrogen (secondary N) is 1. The van der Waals surface area contributed by atoms with Gasteiger partial charge in [0.1, 0.15) is 0 Å². The number of rotatable bonds is 4. The molecule has 1 aromatic rings. The van der Waals surface area contributed by atoms with E-state index in [4.69, 9.17) is 0 Å². The number of benzene rings is 1. The molecule has 0 spiro atoms. The molecule has 18 heavy (non-hydrogen) atoms. The van der Waals surface area contributed by atoms with Crippen LogP contribution in [0.3, 0.4) is 0 Å². The van der Waals surface area contributed by atoms with Crippen molar-refractivity contribution in [2.45, 2.75) is 53.0 Å². The molecule has 1 aliphatic carbocycles. The van der Waals surface area contributed by atoms with Gasteiger partial charge in [-0.15, -0.1) is 0 Å². The van der Waals surface area contributed by atoms with Gasteiger partial charge in [-0.2, -0.15) is 0 Å². The van der Waals surface area contributed by atoms with Gasteiger partial charge in [0.25, 0.3) is 0 Å². The monoisotopic (exact) mass is 245 g/mol. The summed E-state index contributed by atoms with van der Waals surface area (Å²) in [6.07, 6.45) is 4.16. The van der Waals surface area contributed by atoms with E-state index in [0.29, 0.717) is 6.04 Å². The first-order valence-corrected chi connectivity index (χ1v) is 7.42. The Balaban J connectivity index is 2.26. The van der Waals surface area contributed by atoms with Crippen LogP contribution in [-0.2, 0) is 0 Å². The highest BCUT2D eigenvalue weighted by Gasteiger charge is 2.29. The Morgan fingerprint density at radius 3 is 2.67 bits per heavy atom. The van der Waals surface area contributed by atoms with Gasteiger partial charge in [0.2, 0.25) is 0 Å². The lowest BCUT2D eigenvalue weighted by Gasteiger charge is -2.27. The first-order valence-electron chi connectivity index (χ1n) is 7.42. The molecule has 1 nitrogen and oxygen atoms in total. The lowest BCUT2D eigenvalue weighted by atomic mass is 9.87. The number of hydrogen-bond donors (Lipinski definition) is 1. The predicted octanol–water partition coefficient (Wildman–Crippen LogP) is 4.39. The van der Waals surface area contributed by atoms with Crippen LogP contribution in [0.4, 0.5) is 0 Å². The van der Waals surface area contributed by atoms with Gasteiger partial charge in [-0.1, -0.05) is 44.0 Å². The Labute approximate surface area is 112 Å². The molecule has 0 amide bonds. The van der Waals surface area contributed by atoms with Crippen molar-refractivity contribution < 1.29 is 0 Å². The smallest absolute Gasteiger partial charge is 0.0351 e. The standard InChI is InChI=1S/C17H27N/c1-5-18-17(15-9-7-12(2)10-15)16-11-13(3)6-8-14(16)4/h6,8,11-12,15,17-18H,5,7,9-10H2,1-4H3. The van der Waals surface area contributed by atoms with E-state index >= 15 is 0 Å². The molecule has 1 saturated carbocycles. The molecule has 100 valence electrons. The second kappa shape index (κ2) is 5.88. The summed E-state index contributed by atoms with van der Waals surface area (Å²) < 4.78 is 0. The maximum atomic E-state index is 3.73. The van der Waals surface area contributed by atoms with Crippen molar-refractivity contribution in [3.8, 4) is 0 Å². The summed E-state index contributed by atoms with van der Waals surface area (Å²) in [5.41, 5.74) is 4.34. The highest BCUT2D eigenvalue weighted by molar-refractivity contribution is 5.33. The van der Waals surface area contributed by atoms with Crippen LogP contribution < -0.4 is 5.32 Å². The maximum Gasteiger partial charge on any atom is 0.0351 e. The molecule has 0 radical (unpaired) electrons. The normalized spacial score (nSPS) is 25.3. The molecule has 1 heteroatoms. The summed E-state index contributed by atoms with van der Waals surface area (Å²) in [5, 5.41) is 3.73. The van der Waals surface area contributed by atoms with E-state index in [2.05, 4.69) is 51.2 Å². The maximum absolute atomic E-state index is 3.73. The third kappa shape index (κ3) is 2.95. The van der Waals surface area contributed by atoms with Gasteiger partial charge in [-0.05, 0) is 56.2 Å². The lowest BCUT2D eigenvalue weighted by Crippen LogP contribution is -2.27. The average molecular weight is 245 g/mol. The fourth-order valence-electron chi connectivity index (χ4n) is 3.40. The summed E-state index contributed by atoms with van der Waals surface area (Å²) >= 11 is 0.